The van der Waals surface area contributed by atoms with Gasteiger partial charge in [0.25, 0.3) is 5.91 Å². The van der Waals surface area contributed by atoms with Gasteiger partial charge < -0.3 is 30.7 Å². The monoisotopic (exact) mass is 728 g/mol. The standard InChI is InChI=1S/C32H38Cl2F4N8O3/c1-44(2)29(47)27(40)26(34)23-14-45(7-4-6-41-23)28-20-15-48-24(19-9-18(39)10-21(33)25(19)32(36,37)38)11-22(20)42-30(43-28)49-16-31-5-3-8-46(31)13-17(35)12-31/h9-10,17,24H,3-8,11-16,39-40H2,1-2H3/t17-,24?,31+/m1/s1. The molecule has 1 aromatic carbocycles. The average Bonchev–Trinajstić information content (AvgIpc) is 3.44. The van der Waals surface area contributed by atoms with Crippen molar-refractivity contribution in [1.82, 2.24) is 19.8 Å². The number of amides is 1. The molecule has 1 amide bonds. The lowest BCUT2D eigenvalue weighted by Gasteiger charge is -2.33. The van der Waals surface area contributed by atoms with Crippen molar-refractivity contribution in [3.63, 3.8) is 0 Å². The third-order valence-electron chi connectivity index (χ3n) is 9.52. The summed E-state index contributed by atoms with van der Waals surface area (Å²) in [7, 11) is 3.11. The van der Waals surface area contributed by atoms with Crippen molar-refractivity contribution in [3.05, 3.63) is 50.3 Å². The van der Waals surface area contributed by atoms with E-state index in [2.05, 4.69) is 14.9 Å². The van der Waals surface area contributed by atoms with E-state index >= 15 is 0 Å². The molecule has 0 saturated carbocycles. The van der Waals surface area contributed by atoms with Crippen LogP contribution in [0.4, 0.5) is 29.1 Å². The molecule has 1 unspecified atom stereocenters. The number of nitrogen functional groups attached to an aromatic ring is 1. The zero-order chi connectivity index (χ0) is 35.2. The van der Waals surface area contributed by atoms with Gasteiger partial charge in [-0.1, -0.05) is 23.2 Å². The molecule has 2 aromatic rings. The molecule has 17 heteroatoms. The second-order valence-electron chi connectivity index (χ2n) is 13.1. The highest BCUT2D eigenvalue weighted by Gasteiger charge is 2.49. The van der Waals surface area contributed by atoms with E-state index in [0.717, 1.165) is 25.5 Å². The van der Waals surface area contributed by atoms with E-state index in [-0.39, 0.29) is 54.2 Å². The highest BCUT2D eigenvalue weighted by Crippen LogP contribution is 2.45. The van der Waals surface area contributed by atoms with Crippen LogP contribution in [0, 0.1) is 0 Å². The van der Waals surface area contributed by atoms with E-state index in [1.54, 1.807) is 14.1 Å². The van der Waals surface area contributed by atoms with Crippen molar-refractivity contribution in [1.29, 1.82) is 0 Å². The first-order chi connectivity index (χ1) is 23.2. The van der Waals surface area contributed by atoms with E-state index in [1.807, 2.05) is 4.90 Å². The Hall–Kier alpha value is -3.40. The van der Waals surface area contributed by atoms with Gasteiger partial charge >= 0.3 is 12.2 Å². The number of rotatable bonds is 7. The second-order valence-corrected chi connectivity index (χ2v) is 13.9. The van der Waals surface area contributed by atoms with Crippen molar-refractivity contribution in [2.24, 2.45) is 10.7 Å². The van der Waals surface area contributed by atoms with Gasteiger partial charge in [0.05, 0.1) is 51.8 Å². The largest absolute Gasteiger partial charge is 0.461 e. The smallest absolute Gasteiger partial charge is 0.418 e. The quantitative estimate of drug-likeness (QED) is 0.237. The van der Waals surface area contributed by atoms with Crippen LogP contribution < -0.4 is 21.1 Å². The maximum atomic E-state index is 14.5. The second kappa shape index (κ2) is 13.7. The molecule has 266 valence electrons. The third kappa shape index (κ3) is 7.12. The SMILES string of the molecule is CN(C)C(=O)C(N)=C(Cl)C1=NCCCN(c2nc(OC[C@@]34CCCN3C[C@H](F)C4)nc3c2COC(c2cc(N)cc(Cl)c2C(F)(F)F)C3)C1. The molecule has 0 bridgehead atoms. The van der Waals surface area contributed by atoms with Crippen molar-refractivity contribution < 1.29 is 31.8 Å². The van der Waals surface area contributed by atoms with Crippen molar-refractivity contribution >= 4 is 46.3 Å². The van der Waals surface area contributed by atoms with Gasteiger partial charge in [-0.25, -0.2) is 4.39 Å². The number of carbonyl (C=O) groups is 1. The minimum Gasteiger partial charge on any atom is -0.461 e. The number of halogens is 6. The van der Waals surface area contributed by atoms with E-state index < -0.39 is 40.5 Å². The molecule has 2 saturated heterocycles. The summed E-state index contributed by atoms with van der Waals surface area (Å²) in [6.45, 7) is 2.12. The maximum absolute atomic E-state index is 14.5. The van der Waals surface area contributed by atoms with Crippen molar-refractivity contribution in [3.8, 4) is 6.01 Å². The zero-order valence-corrected chi connectivity index (χ0v) is 28.6. The summed E-state index contributed by atoms with van der Waals surface area (Å²) in [5.41, 5.74) is 11.6. The Morgan fingerprint density at radius 1 is 1.22 bits per heavy atom. The Morgan fingerprint density at radius 3 is 2.73 bits per heavy atom. The van der Waals surface area contributed by atoms with Gasteiger partial charge in [-0.15, -0.1) is 0 Å². The molecule has 4 aliphatic heterocycles. The van der Waals surface area contributed by atoms with Crippen LogP contribution in [-0.2, 0) is 28.7 Å². The Morgan fingerprint density at radius 2 is 2.00 bits per heavy atom. The molecule has 3 atom stereocenters. The minimum atomic E-state index is -4.76. The molecule has 4 aliphatic rings. The topological polar surface area (TPSA) is 135 Å². The lowest BCUT2D eigenvalue weighted by molar-refractivity contribution is -0.139. The number of aromatic nitrogens is 2. The third-order valence-corrected chi connectivity index (χ3v) is 10.2. The summed E-state index contributed by atoms with van der Waals surface area (Å²) in [6, 6.07) is 2.28. The lowest BCUT2D eigenvalue weighted by Crippen LogP contribution is -2.43. The number of ether oxygens (including phenoxy) is 2. The summed E-state index contributed by atoms with van der Waals surface area (Å²) in [5, 5.41) is -0.511. The molecule has 2 fully saturated rings. The summed E-state index contributed by atoms with van der Waals surface area (Å²) in [4.78, 5) is 31.9. The van der Waals surface area contributed by atoms with Gasteiger partial charge in [0.1, 0.15) is 24.3 Å². The summed E-state index contributed by atoms with van der Waals surface area (Å²) in [5.74, 6) is -0.0482. The van der Waals surface area contributed by atoms with Crippen LogP contribution in [0.1, 0.15) is 54.2 Å². The molecular weight excluding hydrogens is 691 g/mol. The number of anilines is 2. The first-order valence-electron chi connectivity index (χ1n) is 16.0. The minimum absolute atomic E-state index is 0.00580. The van der Waals surface area contributed by atoms with Crippen LogP contribution in [0.2, 0.25) is 5.02 Å². The fourth-order valence-corrected chi connectivity index (χ4v) is 7.74. The van der Waals surface area contributed by atoms with Gasteiger partial charge in [-0.2, -0.15) is 23.1 Å². The van der Waals surface area contributed by atoms with Crippen LogP contribution in [-0.4, -0.2) is 96.5 Å². The van der Waals surface area contributed by atoms with Gasteiger partial charge in [0.2, 0.25) is 0 Å². The number of carbonyl (C=O) groups excluding carboxylic acids is 1. The number of likely N-dealkylation sites (N-methyl/N-ethyl adjacent to an activating group) is 1. The maximum Gasteiger partial charge on any atom is 0.418 e. The molecule has 11 nitrogen and oxygen atoms in total. The van der Waals surface area contributed by atoms with Crippen LogP contribution in [0.3, 0.4) is 0 Å². The normalized spacial score (nSPS) is 24.9. The Balaban J connectivity index is 1.38. The predicted molar refractivity (Wildman–Crippen MR) is 178 cm³/mol. The van der Waals surface area contributed by atoms with E-state index in [9.17, 15) is 22.4 Å². The van der Waals surface area contributed by atoms with Crippen molar-refractivity contribution in [2.45, 2.75) is 62.7 Å². The van der Waals surface area contributed by atoms with Crippen LogP contribution >= 0.6 is 23.2 Å². The molecule has 1 aromatic heterocycles. The Kier molecular flexibility index (Phi) is 9.92. The van der Waals surface area contributed by atoms with E-state index in [0.29, 0.717) is 55.3 Å². The average molecular weight is 730 g/mol. The number of nitrogens with two attached hydrogens (primary N) is 2. The highest BCUT2D eigenvalue weighted by atomic mass is 35.5. The molecule has 4 N–H and O–H groups in total. The number of nitrogens with zero attached hydrogens (tertiary/aromatic N) is 6. The number of alkyl halides is 4. The van der Waals surface area contributed by atoms with Crippen LogP contribution in [0.5, 0.6) is 6.01 Å². The lowest BCUT2D eigenvalue weighted by atomic mass is 9.94. The van der Waals surface area contributed by atoms with Gasteiger partial charge in [-0.3, -0.25) is 14.7 Å². The molecule has 0 radical (unpaired) electrons. The highest BCUT2D eigenvalue weighted by molar-refractivity contribution is 6.45. The van der Waals surface area contributed by atoms with Crippen LogP contribution in [0.15, 0.2) is 27.9 Å². The van der Waals surface area contributed by atoms with E-state index in [1.165, 1.54) is 11.0 Å². The number of hydrogen-bond donors (Lipinski definition) is 2. The first kappa shape index (κ1) is 35.4. The van der Waals surface area contributed by atoms with Crippen molar-refractivity contribution in [2.75, 3.05) is 64.1 Å². The molecule has 0 aliphatic carbocycles. The number of hydrogen-bond acceptors (Lipinski definition) is 10. The summed E-state index contributed by atoms with van der Waals surface area (Å²) in [6.07, 6.45) is -4.26. The van der Waals surface area contributed by atoms with E-state index in [4.69, 9.17) is 49.1 Å². The molecular formula is C32H38Cl2F4N8O3. The summed E-state index contributed by atoms with van der Waals surface area (Å²) >= 11 is 12.7. The fourth-order valence-electron chi connectivity index (χ4n) is 7.20. The molecule has 49 heavy (non-hydrogen) atoms. The predicted octanol–water partition coefficient (Wildman–Crippen LogP) is 4.65. The Labute approximate surface area is 291 Å². The molecule has 5 heterocycles. The number of aliphatic imine (C=N–C) groups is 1. The number of benzene rings is 1. The van der Waals surface area contributed by atoms with Gasteiger partial charge in [-0.05, 0) is 43.5 Å². The molecule has 6 rings (SSSR count). The first-order valence-corrected chi connectivity index (χ1v) is 16.8. The Bertz CT molecular complexity index is 1690. The number of fused-ring (bicyclic) bond motifs is 2. The van der Waals surface area contributed by atoms with Gasteiger partial charge in [0, 0.05) is 57.8 Å². The fraction of sp³-hybridized carbons (Fsp3) is 0.562. The van der Waals surface area contributed by atoms with Crippen LogP contribution in [0.25, 0.3) is 0 Å². The summed E-state index contributed by atoms with van der Waals surface area (Å²) < 4.78 is 69.5. The molecule has 0 spiro atoms. The van der Waals surface area contributed by atoms with Gasteiger partial charge in [0.15, 0.2) is 0 Å². The zero-order valence-electron chi connectivity index (χ0n) is 27.1.